The highest BCUT2D eigenvalue weighted by Crippen LogP contribution is 2.24. The molecule has 1 aliphatic rings. The van der Waals surface area contributed by atoms with Gasteiger partial charge in [-0.15, -0.1) is 10.2 Å². The lowest BCUT2D eigenvalue weighted by Gasteiger charge is -2.10. The molecule has 0 fully saturated rings. The summed E-state index contributed by atoms with van der Waals surface area (Å²) in [6.45, 7) is 0.282. The van der Waals surface area contributed by atoms with Crippen LogP contribution in [0.5, 0.6) is 0 Å². The monoisotopic (exact) mass is 244 g/mol. The molecule has 1 amide bonds. The Bertz CT molecular complexity index is 527. The number of carbonyl (C=O) groups is 1. The van der Waals surface area contributed by atoms with Crippen LogP contribution in [0.15, 0.2) is 24.3 Å². The van der Waals surface area contributed by atoms with Crippen LogP contribution in [0.2, 0.25) is 0 Å². The molecule has 2 aromatic rings. The SMILES string of the molecule is O=C(NCc1nn[nH]n1)C1Cc2ccccc2N1. The molecule has 7 nitrogen and oxygen atoms in total. The zero-order valence-corrected chi connectivity index (χ0v) is 9.55. The number of fused-ring (bicyclic) bond motifs is 1. The van der Waals surface area contributed by atoms with Crippen LogP contribution in [-0.2, 0) is 17.8 Å². The second kappa shape index (κ2) is 4.44. The fraction of sp³-hybridized carbons (Fsp3) is 0.273. The maximum atomic E-state index is 11.9. The molecule has 1 atom stereocenters. The predicted molar refractivity (Wildman–Crippen MR) is 63.6 cm³/mol. The standard InChI is InChI=1S/C11H12N6O/c18-11(12-6-10-14-16-17-15-10)9-5-7-3-1-2-4-8(7)13-9/h1-4,9,13H,5-6H2,(H,12,18)(H,14,15,16,17). The van der Waals surface area contributed by atoms with Crippen molar-refractivity contribution in [2.75, 3.05) is 5.32 Å². The van der Waals surface area contributed by atoms with E-state index < -0.39 is 0 Å². The molecule has 0 aliphatic carbocycles. The maximum Gasteiger partial charge on any atom is 0.243 e. The molecule has 3 N–H and O–H groups in total. The third kappa shape index (κ3) is 2.02. The van der Waals surface area contributed by atoms with Gasteiger partial charge in [0.1, 0.15) is 6.04 Å². The van der Waals surface area contributed by atoms with Crippen molar-refractivity contribution in [3.8, 4) is 0 Å². The van der Waals surface area contributed by atoms with Crippen LogP contribution >= 0.6 is 0 Å². The third-order valence-electron chi connectivity index (χ3n) is 2.90. The highest BCUT2D eigenvalue weighted by molar-refractivity contribution is 5.87. The van der Waals surface area contributed by atoms with Crippen molar-refractivity contribution in [2.45, 2.75) is 19.0 Å². The van der Waals surface area contributed by atoms with E-state index in [1.807, 2.05) is 24.3 Å². The van der Waals surface area contributed by atoms with E-state index in [0.717, 1.165) is 11.3 Å². The molecule has 0 saturated carbocycles. The number of aromatic nitrogens is 4. The zero-order chi connectivity index (χ0) is 12.4. The van der Waals surface area contributed by atoms with Crippen LogP contribution in [0.4, 0.5) is 5.69 Å². The Kier molecular flexibility index (Phi) is 2.64. The van der Waals surface area contributed by atoms with E-state index in [1.165, 1.54) is 0 Å². The number of anilines is 1. The zero-order valence-electron chi connectivity index (χ0n) is 9.55. The van der Waals surface area contributed by atoms with Crippen molar-refractivity contribution >= 4 is 11.6 Å². The molecule has 18 heavy (non-hydrogen) atoms. The van der Waals surface area contributed by atoms with Gasteiger partial charge in [-0.2, -0.15) is 5.21 Å². The van der Waals surface area contributed by atoms with Gasteiger partial charge in [-0.25, -0.2) is 0 Å². The Hall–Kier alpha value is -2.44. The molecule has 1 unspecified atom stereocenters. The Labute approximate surface area is 103 Å². The molecule has 3 rings (SSSR count). The normalized spacial score (nSPS) is 17.0. The summed E-state index contributed by atoms with van der Waals surface area (Å²) in [6, 6.07) is 7.69. The number of hydrogen-bond acceptors (Lipinski definition) is 5. The van der Waals surface area contributed by atoms with Crippen molar-refractivity contribution in [1.82, 2.24) is 25.9 Å². The Morgan fingerprint density at radius 3 is 3.11 bits per heavy atom. The summed E-state index contributed by atoms with van der Waals surface area (Å²) in [6.07, 6.45) is 0.703. The summed E-state index contributed by atoms with van der Waals surface area (Å²) in [5, 5.41) is 19.3. The average Bonchev–Trinajstić information content (AvgIpc) is 3.04. The predicted octanol–water partition coefficient (Wildman–Crippen LogP) is -0.147. The van der Waals surface area contributed by atoms with Gasteiger partial charge < -0.3 is 10.6 Å². The molecular formula is C11H12N6O. The van der Waals surface area contributed by atoms with E-state index in [2.05, 4.69) is 31.3 Å². The molecule has 1 aromatic heterocycles. The largest absolute Gasteiger partial charge is 0.373 e. The second-order valence-electron chi connectivity index (χ2n) is 4.10. The Morgan fingerprint density at radius 2 is 2.33 bits per heavy atom. The van der Waals surface area contributed by atoms with Crippen molar-refractivity contribution in [2.24, 2.45) is 0 Å². The Morgan fingerprint density at radius 1 is 1.44 bits per heavy atom. The fourth-order valence-electron chi connectivity index (χ4n) is 2.00. The first-order valence-corrected chi connectivity index (χ1v) is 5.67. The van der Waals surface area contributed by atoms with Crippen LogP contribution in [0.1, 0.15) is 11.4 Å². The number of rotatable bonds is 3. The number of nitrogens with zero attached hydrogens (tertiary/aromatic N) is 3. The number of nitrogens with one attached hydrogen (secondary N) is 3. The van der Waals surface area contributed by atoms with Gasteiger partial charge in [0.15, 0.2) is 5.82 Å². The summed E-state index contributed by atoms with van der Waals surface area (Å²) in [5.74, 6) is 0.412. The summed E-state index contributed by atoms with van der Waals surface area (Å²) >= 11 is 0. The van der Waals surface area contributed by atoms with Crippen LogP contribution in [0.3, 0.4) is 0 Å². The minimum atomic E-state index is -0.227. The Balaban J connectivity index is 1.59. The number of hydrogen-bond donors (Lipinski definition) is 3. The van der Waals surface area contributed by atoms with E-state index in [-0.39, 0.29) is 18.5 Å². The van der Waals surface area contributed by atoms with Gasteiger partial charge in [-0.1, -0.05) is 23.4 Å². The summed E-state index contributed by atoms with van der Waals surface area (Å²) in [5.41, 5.74) is 2.19. The van der Waals surface area contributed by atoms with Crippen LogP contribution in [0, 0.1) is 0 Å². The third-order valence-corrected chi connectivity index (χ3v) is 2.90. The highest BCUT2D eigenvalue weighted by Gasteiger charge is 2.26. The number of carbonyl (C=O) groups excluding carboxylic acids is 1. The van der Waals surface area contributed by atoms with Crippen molar-refractivity contribution < 1.29 is 4.79 Å². The molecule has 92 valence electrons. The minimum Gasteiger partial charge on any atom is -0.373 e. The topological polar surface area (TPSA) is 95.6 Å². The average molecular weight is 244 g/mol. The lowest BCUT2D eigenvalue weighted by molar-refractivity contribution is -0.121. The summed E-state index contributed by atoms with van der Waals surface area (Å²) < 4.78 is 0. The van der Waals surface area contributed by atoms with Crippen molar-refractivity contribution in [1.29, 1.82) is 0 Å². The summed E-state index contributed by atoms with van der Waals surface area (Å²) in [4.78, 5) is 11.9. The van der Waals surface area contributed by atoms with Gasteiger partial charge >= 0.3 is 0 Å². The van der Waals surface area contributed by atoms with Crippen molar-refractivity contribution in [3.05, 3.63) is 35.7 Å². The fourth-order valence-corrected chi connectivity index (χ4v) is 2.00. The van der Waals surface area contributed by atoms with Crippen LogP contribution in [0.25, 0.3) is 0 Å². The van der Waals surface area contributed by atoms with Gasteiger partial charge in [0.25, 0.3) is 0 Å². The molecule has 0 saturated heterocycles. The molecule has 1 aliphatic heterocycles. The summed E-state index contributed by atoms with van der Waals surface area (Å²) in [7, 11) is 0. The van der Waals surface area contributed by atoms with Crippen molar-refractivity contribution in [3.63, 3.8) is 0 Å². The van der Waals surface area contributed by atoms with Crippen LogP contribution < -0.4 is 10.6 Å². The first kappa shape index (κ1) is 10.7. The van der Waals surface area contributed by atoms with E-state index in [0.29, 0.717) is 12.2 Å². The smallest absolute Gasteiger partial charge is 0.243 e. The number of para-hydroxylation sites is 1. The number of amides is 1. The number of H-pyrrole nitrogens is 1. The van der Waals surface area contributed by atoms with Gasteiger partial charge in [0, 0.05) is 12.1 Å². The van der Waals surface area contributed by atoms with Crippen LogP contribution in [-0.4, -0.2) is 32.6 Å². The first-order valence-electron chi connectivity index (χ1n) is 5.67. The molecule has 0 spiro atoms. The molecule has 1 aromatic carbocycles. The van der Waals surface area contributed by atoms with Gasteiger partial charge in [-0.05, 0) is 11.6 Å². The van der Waals surface area contributed by atoms with E-state index in [1.54, 1.807) is 0 Å². The van der Waals surface area contributed by atoms with E-state index in [4.69, 9.17) is 0 Å². The number of benzene rings is 1. The quantitative estimate of drug-likeness (QED) is 0.698. The number of aromatic amines is 1. The first-order chi connectivity index (χ1) is 8.83. The lowest BCUT2D eigenvalue weighted by atomic mass is 10.1. The van der Waals surface area contributed by atoms with Gasteiger partial charge in [-0.3, -0.25) is 4.79 Å². The lowest BCUT2D eigenvalue weighted by Crippen LogP contribution is -2.38. The molecule has 0 bridgehead atoms. The molecule has 2 heterocycles. The second-order valence-corrected chi connectivity index (χ2v) is 4.10. The highest BCUT2D eigenvalue weighted by atomic mass is 16.2. The maximum absolute atomic E-state index is 11.9. The number of tetrazole rings is 1. The molecular weight excluding hydrogens is 232 g/mol. The minimum absolute atomic E-state index is 0.0593. The molecule has 7 heteroatoms. The molecule has 0 radical (unpaired) electrons. The van der Waals surface area contributed by atoms with Gasteiger partial charge in [0.2, 0.25) is 5.91 Å². The van der Waals surface area contributed by atoms with E-state index >= 15 is 0 Å². The van der Waals surface area contributed by atoms with Gasteiger partial charge in [0.05, 0.1) is 6.54 Å². The van der Waals surface area contributed by atoms with E-state index in [9.17, 15) is 4.79 Å².